The van der Waals surface area contributed by atoms with Gasteiger partial charge in [0.1, 0.15) is 6.67 Å². The molecule has 0 aliphatic heterocycles. The molecule has 0 bridgehead atoms. The summed E-state index contributed by atoms with van der Waals surface area (Å²) in [6.07, 6.45) is 2.35. The van der Waals surface area contributed by atoms with Gasteiger partial charge in [0.15, 0.2) is 0 Å². The average Bonchev–Trinajstić information content (AvgIpc) is 2.31. The molecule has 1 heterocycles. The summed E-state index contributed by atoms with van der Waals surface area (Å²) < 4.78 is 1.70. The van der Waals surface area contributed by atoms with E-state index in [0.29, 0.717) is 13.1 Å². The summed E-state index contributed by atoms with van der Waals surface area (Å²) in [7, 11) is 0. The maximum Gasteiger partial charge on any atom is 0.208 e. The molecule has 0 radical (unpaired) electrons. The molecule has 1 rings (SSSR count). The number of nitrogens with zero attached hydrogens (tertiary/aromatic N) is 2. The van der Waals surface area contributed by atoms with E-state index in [1.165, 1.54) is 0 Å². The highest BCUT2D eigenvalue weighted by Crippen LogP contribution is 1.92. The predicted molar refractivity (Wildman–Crippen MR) is 36.2 cm³/mol. The lowest BCUT2D eigenvalue weighted by Gasteiger charge is -2.00. The van der Waals surface area contributed by atoms with Gasteiger partial charge in [-0.1, -0.05) is 0 Å². The fourth-order valence-electron chi connectivity index (χ4n) is 0.688. The SMILES string of the molecule is Cc1ccnn1CNC=O. The van der Waals surface area contributed by atoms with Crippen LogP contribution in [0.2, 0.25) is 0 Å². The van der Waals surface area contributed by atoms with E-state index in [4.69, 9.17) is 0 Å². The lowest BCUT2D eigenvalue weighted by atomic mass is 10.5. The van der Waals surface area contributed by atoms with Crippen LogP contribution in [0.25, 0.3) is 0 Å². The molecule has 0 saturated carbocycles. The minimum atomic E-state index is 0.447. The van der Waals surface area contributed by atoms with Gasteiger partial charge >= 0.3 is 0 Å². The normalized spacial score (nSPS) is 9.30. The van der Waals surface area contributed by atoms with Crippen molar-refractivity contribution >= 4 is 6.41 Å². The van der Waals surface area contributed by atoms with Crippen molar-refractivity contribution in [3.63, 3.8) is 0 Å². The van der Waals surface area contributed by atoms with Crippen LogP contribution in [-0.2, 0) is 11.5 Å². The topological polar surface area (TPSA) is 46.9 Å². The van der Waals surface area contributed by atoms with Crippen LogP contribution in [0.5, 0.6) is 0 Å². The molecule has 0 aromatic carbocycles. The Hall–Kier alpha value is -1.32. The maximum absolute atomic E-state index is 9.86. The standard InChI is InChI=1S/C6H9N3O/c1-6-2-3-8-9(6)4-7-5-10/h2-3,5H,4H2,1H3,(H,7,10). The number of hydrogen-bond donors (Lipinski definition) is 1. The van der Waals surface area contributed by atoms with E-state index in [-0.39, 0.29) is 0 Å². The zero-order valence-corrected chi connectivity index (χ0v) is 5.74. The molecule has 0 spiro atoms. The third kappa shape index (κ3) is 1.34. The smallest absolute Gasteiger partial charge is 0.208 e. The summed E-state index contributed by atoms with van der Waals surface area (Å²) >= 11 is 0. The van der Waals surface area contributed by atoms with Crippen LogP contribution in [0.1, 0.15) is 5.69 Å². The van der Waals surface area contributed by atoms with Crippen LogP contribution in [0.15, 0.2) is 12.3 Å². The zero-order chi connectivity index (χ0) is 7.40. The first-order valence-electron chi connectivity index (χ1n) is 3.00. The van der Waals surface area contributed by atoms with Crippen LogP contribution < -0.4 is 5.32 Å². The third-order valence-electron chi connectivity index (χ3n) is 1.25. The monoisotopic (exact) mass is 139 g/mol. The number of rotatable bonds is 3. The molecule has 0 aliphatic carbocycles. The number of aromatic nitrogens is 2. The molecule has 0 atom stereocenters. The van der Waals surface area contributed by atoms with Gasteiger partial charge in [-0.25, -0.2) is 0 Å². The highest BCUT2D eigenvalue weighted by molar-refractivity contribution is 5.45. The van der Waals surface area contributed by atoms with Crippen molar-refractivity contribution in [1.82, 2.24) is 15.1 Å². The molecule has 1 amide bonds. The molecule has 4 nitrogen and oxygen atoms in total. The second-order valence-electron chi connectivity index (χ2n) is 1.95. The van der Waals surface area contributed by atoms with Crippen LogP contribution in [0.3, 0.4) is 0 Å². The molecular weight excluding hydrogens is 130 g/mol. The van der Waals surface area contributed by atoms with E-state index in [1.54, 1.807) is 10.9 Å². The van der Waals surface area contributed by atoms with E-state index in [9.17, 15) is 4.79 Å². The summed E-state index contributed by atoms with van der Waals surface area (Å²) in [5, 5.41) is 6.46. The molecule has 0 unspecified atom stereocenters. The van der Waals surface area contributed by atoms with Crippen LogP contribution in [0.4, 0.5) is 0 Å². The first kappa shape index (κ1) is 6.80. The van der Waals surface area contributed by atoms with Crippen molar-refractivity contribution in [2.24, 2.45) is 0 Å². The van der Waals surface area contributed by atoms with Gasteiger partial charge < -0.3 is 5.32 Å². The quantitative estimate of drug-likeness (QED) is 0.594. The Morgan fingerprint density at radius 3 is 3.20 bits per heavy atom. The lowest BCUT2D eigenvalue weighted by Crippen LogP contribution is -2.17. The maximum atomic E-state index is 9.86. The molecule has 10 heavy (non-hydrogen) atoms. The second-order valence-corrected chi connectivity index (χ2v) is 1.95. The number of amides is 1. The second kappa shape index (κ2) is 3.00. The van der Waals surface area contributed by atoms with Gasteiger partial charge in [0.25, 0.3) is 0 Å². The van der Waals surface area contributed by atoms with Crippen molar-refractivity contribution in [1.29, 1.82) is 0 Å². The Bertz CT molecular complexity index is 219. The van der Waals surface area contributed by atoms with Gasteiger partial charge in [-0.15, -0.1) is 0 Å². The zero-order valence-electron chi connectivity index (χ0n) is 5.74. The molecule has 0 fully saturated rings. The first-order valence-corrected chi connectivity index (χ1v) is 3.00. The van der Waals surface area contributed by atoms with Crippen LogP contribution in [0, 0.1) is 6.92 Å². The summed E-state index contributed by atoms with van der Waals surface area (Å²) in [4.78, 5) is 9.86. The Balaban J connectivity index is 2.56. The number of hydrogen-bond acceptors (Lipinski definition) is 2. The van der Waals surface area contributed by atoms with Crippen molar-refractivity contribution in [3.8, 4) is 0 Å². The van der Waals surface area contributed by atoms with Crippen LogP contribution >= 0.6 is 0 Å². The number of carbonyl (C=O) groups excluding carboxylic acids is 1. The molecule has 54 valence electrons. The predicted octanol–water partition coefficient (Wildman–Crippen LogP) is -0.105. The highest BCUT2D eigenvalue weighted by atomic mass is 16.1. The average molecular weight is 139 g/mol. The Labute approximate surface area is 58.8 Å². The Kier molecular flexibility index (Phi) is 2.04. The molecule has 4 heteroatoms. The number of nitrogens with one attached hydrogen (secondary N) is 1. The molecule has 1 N–H and O–H groups in total. The van der Waals surface area contributed by atoms with E-state index < -0.39 is 0 Å². The molecule has 0 saturated heterocycles. The van der Waals surface area contributed by atoms with E-state index in [1.807, 2.05) is 13.0 Å². The van der Waals surface area contributed by atoms with Crippen molar-refractivity contribution in [2.75, 3.05) is 0 Å². The van der Waals surface area contributed by atoms with Gasteiger partial charge in [-0.2, -0.15) is 5.10 Å². The Morgan fingerprint density at radius 2 is 2.70 bits per heavy atom. The van der Waals surface area contributed by atoms with E-state index in [0.717, 1.165) is 5.69 Å². The minimum Gasteiger partial charge on any atom is -0.339 e. The fourth-order valence-corrected chi connectivity index (χ4v) is 0.688. The third-order valence-corrected chi connectivity index (χ3v) is 1.25. The fraction of sp³-hybridized carbons (Fsp3) is 0.333. The van der Waals surface area contributed by atoms with Gasteiger partial charge in [0.05, 0.1) is 0 Å². The van der Waals surface area contributed by atoms with Crippen molar-refractivity contribution < 1.29 is 4.79 Å². The first-order chi connectivity index (χ1) is 4.84. The molecule has 1 aromatic heterocycles. The Morgan fingerprint density at radius 1 is 1.90 bits per heavy atom. The lowest BCUT2D eigenvalue weighted by molar-refractivity contribution is -0.110. The summed E-state index contributed by atoms with van der Waals surface area (Å²) in [6, 6.07) is 1.88. The van der Waals surface area contributed by atoms with Gasteiger partial charge in [0.2, 0.25) is 6.41 Å². The minimum absolute atomic E-state index is 0.447. The molecule has 0 aliphatic rings. The van der Waals surface area contributed by atoms with Crippen LogP contribution in [-0.4, -0.2) is 16.2 Å². The summed E-state index contributed by atoms with van der Waals surface area (Å²) in [5.74, 6) is 0. The summed E-state index contributed by atoms with van der Waals surface area (Å²) in [5.41, 5.74) is 1.04. The van der Waals surface area contributed by atoms with Crippen molar-refractivity contribution in [2.45, 2.75) is 13.6 Å². The largest absolute Gasteiger partial charge is 0.339 e. The van der Waals surface area contributed by atoms with E-state index >= 15 is 0 Å². The molecular formula is C6H9N3O. The molecule has 1 aromatic rings. The van der Waals surface area contributed by atoms with Gasteiger partial charge in [-0.05, 0) is 13.0 Å². The van der Waals surface area contributed by atoms with Gasteiger partial charge in [0, 0.05) is 11.9 Å². The number of carbonyl (C=O) groups is 1. The van der Waals surface area contributed by atoms with Gasteiger partial charge in [-0.3, -0.25) is 9.48 Å². The van der Waals surface area contributed by atoms with Crippen molar-refractivity contribution in [3.05, 3.63) is 18.0 Å². The highest BCUT2D eigenvalue weighted by Gasteiger charge is 1.92. The number of aryl methyl sites for hydroxylation is 1. The van der Waals surface area contributed by atoms with E-state index in [2.05, 4.69) is 10.4 Å². The summed E-state index contributed by atoms with van der Waals surface area (Å²) in [6.45, 7) is 2.38.